The zero-order chi connectivity index (χ0) is 30.8. The van der Waals surface area contributed by atoms with Crippen molar-refractivity contribution in [2.45, 2.75) is 77.6 Å². The van der Waals surface area contributed by atoms with E-state index < -0.39 is 48.2 Å². The maximum Gasteiger partial charge on any atom is 0.405 e. The van der Waals surface area contributed by atoms with Gasteiger partial charge in [-0.15, -0.1) is 0 Å². The van der Waals surface area contributed by atoms with Crippen LogP contribution in [-0.4, -0.2) is 52.9 Å². The minimum Gasteiger partial charge on any atom is -0.493 e. The number of aromatic nitrogens is 2. The van der Waals surface area contributed by atoms with Gasteiger partial charge in [-0.25, -0.2) is 4.39 Å². The Hall–Kier alpha value is -3.64. The van der Waals surface area contributed by atoms with Crippen LogP contribution in [0.4, 0.5) is 23.2 Å². The SMILES string of the molecule is CCOc1cc(NC(=O)[C@@H](NC(=O)c2ccnn2C(C)C)C(C2CC2)C2CC2)c(F)cc1C(C)C(=O)NCC(F)(F)F. The van der Waals surface area contributed by atoms with E-state index >= 15 is 4.39 Å². The summed E-state index contributed by atoms with van der Waals surface area (Å²) in [4.78, 5) is 39.5. The third kappa shape index (κ3) is 7.60. The van der Waals surface area contributed by atoms with E-state index in [0.717, 1.165) is 31.7 Å². The topological polar surface area (TPSA) is 114 Å². The molecule has 1 heterocycles. The highest BCUT2D eigenvalue weighted by atomic mass is 19.4. The minimum atomic E-state index is -4.60. The molecular weight excluding hydrogens is 558 g/mol. The maximum atomic E-state index is 15.4. The van der Waals surface area contributed by atoms with Gasteiger partial charge in [0.05, 0.1) is 18.2 Å². The molecule has 0 bridgehead atoms. The minimum absolute atomic E-state index is 0.0349. The van der Waals surface area contributed by atoms with Gasteiger partial charge in [-0.2, -0.15) is 18.3 Å². The molecule has 3 amide bonds. The molecule has 2 aliphatic rings. The number of ether oxygens (including phenoxy) is 1. The standard InChI is InChI=1S/C29H37F4N5O4/c1-5-42-23-13-21(20(30)12-19(23)16(4)26(39)34-14-29(31,32)33)36-28(41)25(24(17-6-7-17)18-8-9-18)37-27(40)22-10-11-35-38(22)15(2)3/h10-13,15-18,24-25H,5-9,14H2,1-4H3,(H,34,39)(H,36,41)(H,37,40)/t16?,25-/m0/s1. The molecule has 1 aromatic carbocycles. The highest BCUT2D eigenvalue weighted by Gasteiger charge is 2.48. The molecule has 1 aromatic heterocycles. The van der Waals surface area contributed by atoms with Crippen LogP contribution in [0, 0.1) is 23.6 Å². The van der Waals surface area contributed by atoms with Crippen molar-refractivity contribution >= 4 is 23.4 Å². The number of carbonyl (C=O) groups is 3. The summed E-state index contributed by atoms with van der Waals surface area (Å²) in [5.74, 6) is -3.59. The van der Waals surface area contributed by atoms with E-state index in [0.29, 0.717) is 5.69 Å². The average Bonchev–Trinajstić information content (AvgIpc) is 3.87. The Bertz CT molecular complexity index is 1290. The van der Waals surface area contributed by atoms with E-state index in [1.165, 1.54) is 19.2 Å². The Morgan fingerprint density at radius 3 is 2.26 bits per heavy atom. The Morgan fingerprint density at radius 2 is 1.71 bits per heavy atom. The summed E-state index contributed by atoms with van der Waals surface area (Å²) in [6, 6.07) is 2.75. The van der Waals surface area contributed by atoms with Gasteiger partial charge in [0, 0.05) is 23.9 Å². The lowest BCUT2D eigenvalue weighted by Crippen LogP contribution is -2.50. The summed E-state index contributed by atoms with van der Waals surface area (Å²) >= 11 is 0. The first kappa shape index (κ1) is 31.3. The number of hydrogen-bond acceptors (Lipinski definition) is 5. The van der Waals surface area contributed by atoms with Gasteiger partial charge < -0.3 is 20.7 Å². The van der Waals surface area contributed by atoms with E-state index in [1.54, 1.807) is 23.0 Å². The first-order valence-electron chi connectivity index (χ1n) is 14.3. The van der Waals surface area contributed by atoms with Crippen LogP contribution < -0.4 is 20.7 Å². The largest absolute Gasteiger partial charge is 0.493 e. The molecule has 230 valence electrons. The molecule has 0 saturated heterocycles. The summed E-state index contributed by atoms with van der Waals surface area (Å²) in [6.45, 7) is 5.36. The van der Waals surface area contributed by atoms with Gasteiger partial charge in [-0.05, 0) is 83.3 Å². The quantitative estimate of drug-likeness (QED) is 0.284. The third-order valence-electron chi connectivity index (χ3n) is 7.66. The Labute approximate surface area is 241 Å². The Morgan fingerprint density at radius 1 is 1.07 bits per heavy atom. The molecule has 4 rings (SSSR count). The number of nitrogens with zero attached hydrogens (tertiary/aromatic N) is 2. The molecule has 2 fully saturated rings. The van der Waals surface area contributed by atoms with Crippen molar-refractivity contribution in [1.82, 2.24) is 20.4 Å². The lowest BCUT2D eigenvalue weighted by Gasteiger charge is -2.28. The van der Waals surface area contributed by atoms with Crippen molar-refractivity contribution in [3.8, 4) is 5.75 Å². The molecule has 9 nitrogen and oxygen atoms in total. The second-order valence-corrected chi connectivity index (χ2v) is 11.3. The van der Waals surface area contributed by atoms with Crippen molar-refractivity contribution in [2.75, 3.05) is 18.5 Å². The van der Waals surface area contributed by atoms with Crippen molar-refractivity contribution in [3.63, 3.8) is 0 Å². The molecule has 2 saturated carbocycles. The van der Waals surface area contributed by atoms with Crippen LogP contribution in [0.2, 0.25) is 0 Å². The molecule has 3 N–H and O–H groups in total. The lowest BCUT2D eigenvalue weighted by atomic mass is 9.88. The van der Waals surface area contributed by atoms with Crippen molar-refractivity contribution < 1.29 is 36.7 Å². The number of benzene rings is 1. The summed E-state index contributed by atoms with van der Waals surface area (Å²) in [6.07, 6.45) is 0.677. The molecule has 0 aliphatic heterocycles. The van der Waals surface area contributed by atoms with Gasteiger partial charge in [0.1, 0.15) is 29.8 Å². The van der Waals surface area contributed by atoms with Crippen LogP contribution in [0.15, 0.2) is 24.4 Å². The summed E-state index contributed by atoms with van der Waals surface area (Å²) < 4.78 is 60.3. The lowest BCUT2D eigenvalue weighted by molar-refractivity contribution is -0.139. The molecule has 1 unspecified atom stereocenters. The van der Waals surface area contributed by atoms with E-state index in [4.69, 9.17) is 4.74 Å². The Kier molecular flexibility index (Phi) is 9.47. The highest BCUT2D eigenvalue weighted by molar-refractivity contribution is 6.01. The second-order valence-electron chi connectivity index (χ2n) is 11.3. The highest BCUT2D eigenvalue weighted by Crippen LogP contribution is 2.51. The number of carbonyl (C=O) groups excluding carboxylic acids is 3. The van der Waals surface area contributed by atoms with Gasteiger partial charge in [0.15, 0.2) is 0 Å². The number of rotatable bonds is 13. The molecule has 42 heavy (non-hydrogen) atoms. The fraction of sp³-hybridized carbons (Fsp3) is 0.586. The monoisotopic (exact) mass is 595 g/mol. The van der Waals surface area contributed by atoms with E-state index in [-0.39, 0.29) is 47.4 Å². The first-order chi connectivity index (χ1) is 19.8. The summed E-state index contributed by atoms with van der Waals surface area (Å²) in [5, 5.41) is 11.5. The number of hydrogen-bond donors (Lipinski definition) is 3. The van der Waals surface area contributed by atoms with E-state index in [2.05, 4.69) is 15.7 Å². The van der Waals surface area contributed by atoms with Crippen LogP contribution in [0.5, 0.6) is 5.75 Å². The molecule has 13 heteroatoms. The summed E-state index contributed by atoms with van der Waals surface area (Å²) in [7, 11) is 0. The maximum absolute atomic E-state index is 15.4. The molecule has 0 spiro atoms. The van der Waals surface area contributed by atoms with Gasteiger partial charge in [0.2, 0.25) is 11.8 Å². The molecule has 2 atom stereocenters. The number of amides is 3. The zero-order valence-electron chi connectivity index (χ0n) is 24.1. The molecular formula is C29H37F4N5O4. The fourth-order valence-electron chi connectivity index (χ4n) is 5.32. The van der Waals surface area contributed by atoms with Crippen LogP contribution in [0.25, 0.3) is 0 Å². The second kappa shape index (κ2) is 12.7. The third-order valence-corrected chi connectivity index (χ3v) is 7.66. The molecule has 2 aromatic rings. The van der Waals surface area contributed by atoms with Gasteiger partial charge in [0.25, 0.3) is 5.91 Å². The molecule has 0 radical (unpaired) electrons. The van der Waals surface area contributed by atoms with Crippen molar-refractivity contribution in [3.05, 3.63) is 41.5 Å². The van der Waals surface area contributed by atoms with Gasteiger partial charge >= 0.3 is 6.18 Å². The van der Waals surface area contributed by atoms with Crippen molar-refractivity contribution in [1.29, 1.82) is 0 Å². The van der Waals surface area contributed by atoms with Crippen LogP contribution in [0.1, 0.15) is 81.4 Å². The van der Waals surface area contributed by atoms with Gasteiger partial charge in [-0.1, -0.05) is 0 Å². The van der Waals surface area contributed by atoms with Crippen molar-refractivity contribution in [2.24, 2.45) is 17.8 Å². The van der Waals surface area contributed by atoms with Crippen LogP contribution in [-0.2, 0) is 9.59 Å². The van der Waals surface area contributed by atoms with E-state index in [9.17, 15) is 27.6 Å². The van der Waals surface area contributed by atoms with Crippen LogP contribution >= 0.6 is 0 Å². The van der Waals surface area contributed by atoms with Crippen LogP contribution in [0.3, 0.4) is 0 Å². The number of anilines is 1. The number of nitrogens with one attached hydrogen (secondary N) is 3. The number of halogens is 4. The normalized spacial score (nSPS) is 16.7. The predicted molar refractivity (Wildman–Crippen MR) is 146 cm³/mol. The summed E-state index contributed by atoms with van der Waals surface area (Å²) in [5.41, 5.74) is 0.111. The number of alkyl halides is 3. The molecule has 2 aliphatic carbocycles. The first-order valence-corrected chi connectivity index (χ1v) is 14.3. The zero-order valence-corrected chi connectivity index (χ0v) is 24.1. The smallest absolute Gasteiger partial charge is 0.405 e. The fourth-order valence-corrected chi connectivity index (χ4v) is 5.32. The Balaban J connectivity index is 1.59. The predicted octanol–water partition coefficient (Wildman–Crippen LogP) is 4.96. The van der Waals surface area contributed by atoms with E-state index in [1.807, 2.05) is 13.8 Å². The average molecular weight is 596 g/mol. The van der Waals surface area contributed by atoms with Gasteiger partial charge in [-0.3, -0.25) is 19.1 Å².